The molecule has 132 valence electrons. The summed E-state index contributed by atoms with van der Waals surface area (Å²) in [5.41, 5.74) is -0.732. The van der Waals surface area contributed by atoms with Crippen molar-refractivity contribution < 1.29 is 9.18 Å². The van der Waals surface area contributed by atoms with Gasteiger partial charge in [-0.05, 0) is 48.5 Å². The molecule has 0 atom stereocenters. The second-order valence-electron chi connectivity index (χ2n) is 5.44. The van der Waals surface area contributed by atoms with Crippen molar-refractivity contribution in [2.45, 2.75) is 6.54 Å². The quantitative estimate of drug-likeness (QED) is 0.662. The van der Waals surface area contributed by atoms with E-state index in [1.54, 1.807) is 24.3 Å². The van der Waals surface area contributed by atoms with E-state index in [0.717, 1.165) is 13.6 Å². The van der Waals surface area contributed by atoms with Gasteiger partial charge in [-0.15, -0.1) is 0 Å². The Labute approximate surface area is 155 Å². The largest absolute Gasteiger partial charge is 0.325 e. The van der Waals surface area contributed by atoms with Crippen molar-refractivity contribution in [2.75, 3.05) is 5.32 Å². The van der Waals surface area contributed by atoms with Crippen LogP contribution in [0.5, 0.6) is 0 Å². The zero-order valence-corrected chi connectivity index (χ0v) is 14.9. The molecule has 0 aliphatic carbocycles. The van der Waals surface area contributed by atoms with Gasteiger partial charge >= 0.3 is 11.1 Å². The summed E-state index contributed by atoms with van der Waals surface area (Å²) < 4.78 is 16.0. The predicted octanol–water partition coefficient (Wildman–Crippen LogP) is 2.54. The zero-order valence-electron chi connectivity index (χ0n) is 13.4. The van der Waals surface area contributed by atoms with Gasteiger partial charge in [0.25, 0.3) is 0 Å². The SMILES string of the molecule is O=C(Cn1ccn(-c2ccc(F)cc2)c(=O)c1=O)Nc1ccc(Br)cc1. The van der Waals surface area contributed by atoms with Gasteiger partial charge in [-0.3, -0.25) is 23.5 Å². The molecule has 0 saturated carbocycles. The Morgan fingerprint density at radius 1 is 0.962 bits per heavy atom. The van der Waals surface area contributed by atoms with Crippen LogP contribution >= 0.6 is 15.9 Å². The van der Waals surface area contributed by atoms with Crippen LogP contribution in [0, 0.1) is 5.82 Å². The molecule has 0 fully saturated rings. The molecule has 0 unspecified atom stereocenters. The number of amides is 1. The monoisotopic (exact) mass is 417 g/mol. The number of nitrogens with zero attached hydrogens (tertiary/aromatic N) is 2. The molecule has 0 aliphatic heterocycles. The summed E-state index contributed by atoms with van der Waals surface area (Å²) in [6.07, 6.45) is 2.71. The van der Waals surface area contributed by atoms with Crippen molar-refractivity contribution in [1.82, 2.24) is 9.13 Å². The summed E-state index contributed by atoms with van der Waals surface area (Å²) in [4.78, 5) is 36.6. The minimum absolute atomic E-state index is 0.297. The van der Waals surface area contributed by atoms with Crippen LogP contribution < -0.4 is 16.4 Å². The second-order valence-corrected chi connectivity index (χ2v) is 6.35. The van der Waals surface area contributed by atoms with Crippen molar-refractivity contribution in [3.63, 3.8) is 0 Å². The molecular weight excluding hydrogens is 405 g/mol. The van der Waals surface area contributed by atoms with Gasteiger partial charge in [-0.1, -0.05) is 15.9 Å². The molecule has 6 nitrogen and oxygen atoms in total. The van der Waals surface area contributed by atoms with Crippen molar-refractivity contribution >= 4 is 27.5 Å². The molecule has 0 saturated heterocycles. The summed E-state index contributed by atoms with van der Waals surface area (Å²) >= 11 is 3.30. The first-order chi connectivity index (χ1) is 12.4. The summed E-state index contributed by atoms with van der Waals surface area (Å²) in [5.74, 6) is -0.881. The van der Waals surface area contributed by atoms with Crippen LogP contribution in [0.15, 0.2) is 75.0 Å². The van der Waals surface area contributed by atoms with Gasteiger partial charge in [-0.2, -0.15) is 0 Å². The third-order valence-electron chi connectivity index (χ3n) is 3.61. The van der Waals surface area contributed by atoms with Crippen molar-refractivity contribution in [2.24, 2.45) is 0 Å². The Kier molecular flexibility index (Phi) is 5.13. The van der Waals surface area contributed by atoms with Crippen molar-refractivity contribution in [1.29, 1.82) is 0 Å². The summed E-state index contributed by atoms with van der Waals surface area (Å²) in [5, 5.41) is 2.65. The number of aromatic nitrogens is 2. The fourth-order valence-electron chi connectivity index (χ4n) is 2.33. The molecule has 1 N–H and O–H groups in total. The lowest BCUT2D eigenvalue weighted by Gasteiger charge is -2.09. The van der Waals surface area contributed by atoms with Crippen LogP contribution in [-0.4, -0.2) is 15.0 Å². The van der Waals surface area contributed by atoms with E-state index in [1.807, 2.05) is 0 Å². The first-order valence-corrected chi connectivity index (χ1v) is 8.37. The lowest BCUT2D eigenvalue weighted by atomic mass is 10.3. The molecule has 8 heteroatoms. The van der Waals surface area contributed by atoms with Gasteiger partial charge in [0.15, 0.2) is 0 Å². The molecular formula is C18H13BrFN3O3. The number of carbonyl (C=O) groups excluding carboxylic acids is 1. The highest BCUT2D eigenvalue weighted by Crippen LogP contribution is 2.14. The maximum atomic E-state index is 13.0. The highest BCUT2D eigenvalue weighted by atomic mass is 79.9. The molecule has 1 heterocycles. The normalized spacial score (nSPS) is 10.5. The maximum Gasteiger partial charge on any atom is 0.320 e. The number of halogens is 2. The molecule has 0 spiro atoms. The topological polar surface area (TPSA) is 73.1 Å². The van der Waals surface area contributed by atoms with Gasteiger partial charge in [0.1, 0.15) is 12.4 Å². The molecule has 2 aromatic carbocycles. The van der Waals surface area contributed by atoms with Gasteiger partial charge in [0.2, 0.25) is 5.91 Å². The van der Waals surface area contributed by atoms with E-state index in [1.165, 1.54) is 36.7 Å². The average molecular weight is 418 g/mol. The van der Waals surface area contributed by atoms with E-state index >= 15 is 0 Å². The third-order valence-corrected chi connectivity index (χ3v) is 4.13. The van der Waals surface area contributed by atoms with Crippen LogP contribution in [0.3, 0.4) is 0 Å². The van der Waals surface area contributed by atoms with Gasteiger partial charge in [0, 0.05) is 28.2 Å². The number of nitrogens with one attached hydrogen (secondary N) is 1. The average Bonchev–Trinajstić information content (AvgIpc) is 2.62. The summed E-state index contributed by atoms with van der Waals surface area (Å²) in [6, 6.07) is 12.1. The number of rotatable bonds is 4. The minimum Gasteiger partial charge on any atom is -0.325 e. The lowest BCUT2D eigenvalue weighted by Crippen LogP contribution is -2.41. The van der Waals surface area contributed by atoms with E-state index < -0.39 is 22.8 Å². The van der Waals surface area contributed by atoms with Crippen molar-refractivity contribution in [3.8, 4) is 5.69 Å². The highest BCUT2D eigenvalue weighted by molar-refractivity contribution is 9.10. The number of hydrogen-bond acceptors (Lipinski definition) is 3. The molecule has 26 heavy (non-hydrogen) atoms. The van der Waals surface area contributed by atoms with E-state index in [2.05, 4.69) is 21.2 Å². The Balaban J connectivity index is 1.81. The second kappa shape index (κ2) is 7.49. The molecule has 3 aromatic rings. The smallest absolute Gasteiger partial charge is 0.320 e. The first-order valence-electron chi connectivity index (χ1n) is 7.57. The van der Waals surface area contributed by atoms with Gasteiger partial charge in [-0.25, -0.2) is 4.39 Å². The Hall–Kier alpha value is -3.00. The predicted molar refractivity (Wildman–Crippen MR) is 99.0 cm³/mol. The highest BCUT2D eigenvalue weighted by Gasteiger charge is 2.10. The number of anilines is 1. The number of benzene rings is 2. The summed E-state index contributed by atoms with van der Waals surface area (Å²) in [6.45, 7) is -0.297. The van der Waals surface area contributed by atoms with Crippen LogP contribution in [-0.2, 0) is 11.3 Å². The lowest BCUT2D eigenvalue weighted by molar-refractivity contribution is -0.116. The van der Waals surface area contributed by atoms with Crippen LogP contribution in [0.4, 0.5) is 10.1 Å². The molecule has 0 bridgehead atoms. The number of carbonyl (C=O) groups is 1. The van der Waals surface area contributed by atoms with Crippen LogP contribution in [0.2, 0.25) is 0 Å². The standard InChI is InChI=1S/C18H13BrFN3O3/c19-12-1-5-14(6-2-12)21-16(24)11-22-9-10-23(18(26)17(22)25)15-7-3-13(20)4-8-15/h1-10H,11H2,(H,21,24). The Bertz CT molecular complexity index is 1060. The summed E-state index contributed by atoms with van der Waals surface area (Å²) in [7, 11) is 0. The van der Waals surface area contributed by atoms with Crippen molar-refractivity contribution in [3.05, 3.63) is 91.9 Å². The van der Waals surface area contributed by atoms with Gasteiger partial charge < -0.3 is 5.32 Å². The number of hydrogen-bond donors (Lipinski definition) is 1. The molecule has 0 radical (unpaired) electrons. The molecule has 3 rings (SSSR count). The van der Waals surface area contributed by atoms with E-state index in [-0.39, 0.29) is 6.54 Å². The fraction of sp³-hybridized carbons (Fsp3) is 0.0556. The molecule has 0 aliphatic rings. The van der Waals surface area contributed by atoms with E-state index in [4.69, 9.17) is 0 Å². The molecule has 1 amide bonds. The van der Waals surface area contributed by atoms with E-state index in [0.29, 0.717) is 11.4 Å². The first kappa shape index (κ1) is 17.8. The fourth-order valence-corrected chi connectivity index (χ4v) is 2.59. The Morgan fingerprint density at radius 2 is 1.62 bits per heavy atom. The molecule has 1 aromatic heterocycles. The Morgan fingerprint density at radius 3 is 2.27 bits per heavy atom. The van der Waals surface area contributed by atoms with E-state index in [9.17, 15) is 18.8 Å². The van der Waals surface area contributed by atoms with Gasteiger partial charge in [0.05, 0.1) is 0 Å². The zero-order chi connectivity index (χ0) is 18.7. The van der Waals surface area contributed by atoms with Crippen LogP contribution in [0.25, 0.3) is 5.69 Å². The van der Waals surface area contributed by atoms with Crippen LogP contribution in [0.1, 0.15) is 0 Å². The minimum atomic E-state index is -0.845. The third kappa shape index (κ3) is 3.97. The maximum absolute atomic E-state index is 13.0.